The van der Waals surface area contributed by atoms with Gasteiger partial charge >= 0.3 is 5.97 Å². The van der Waals surface area contributed by atoms with Crippen molar-refractivity contribution in [2.75, 3.05) is 26.5 Å². The van der Waals surface area contributed by atoms with E-state index in [4.69, 9.17) is 14.2 Å². The Bertz CT molecular complexity index is 1090. The van der Waals surface area contributed by atoms with E-state index in [-0.39, 0.29) is 23.8 Å². The van der Waals surface area contributed by atoms with Crippen LogP contribution in [0.15, 0.2) is 47.4 Å². The van der Waals surface area contributed by atoms with E-state index in [0.29, 0.717) is 24.6 Å². The first kappa shape index (κ1) is 21.1. The number of hydrogen-bond acceptors (Lipinski definition) is 7. The summed E-state index contributed by atoms with van der Waals surface area (Å²) in [5.41, 5.74) is 0.882. The zero-order valence-electron chi connectivity index (χ0n) is 16.7. The third-order valence-electron chi connectivity index (χ3n) is 5.03. The van der Waals surface area contributed by atoms with Crippen molar-refractivity contribution in [1.82, 2.24) is 9.62 Å². The van der Waals surface area contributed by atoms with Crippen LogP contribution >= 0.6 is 0 Å². The molecule has 10 heteroatoms. The van der Waals surface area contributed by atoms with Crippen molar-refractivity contribution in [2.24, 2.45) is 0 Å². The number of carbonyl (C=O) groups is 2. The van der Waals surface area contributed by atoms with Gasteiger partial charge in [-0.05, 0) is 48.7 Å². The molecule has 1 fully saturated rings. The van der Waals surface area contributed by atoms with E-state index in [1.807, 2.05) is 0 Å². The standard InChI is InChI=1S/C21H22N2O7S/c24-20(22-12-15-6-7-18-19(10-15)30-14-29-18)13-28-21(25)16-4-3-5-17(11-16)31(26,27)23-8-1-2-9-23/h3-7,10-11H,1-2,8-9,12-14H2,(H,22,24). The topological polar surface area (TPSA) is 111 Å². The van der Waals surface area contributed by atoms with Crippen molar-refractivity contribution in [2.45, 2.75) is 24.3 Å². The van der Waals surface area contributed by atoms with Crippen LogP contribution in [0.2, 0.25) is 0 Å². The molecule has 0 spiro atoms. The van der Waals surface area contributed by atoms with Crippen molar-refractivity contribution in [3.05, 3.63) is 53.6 Å². The minimum Gasteiger partial charge on any atom is -0.454 e. The molecule has 1 amide bonds. The fourth-order valence-electron chi connectivity index (χ4n) is 3.38. The third-order valence-corrected chi connectivity index (χ3v) is 6.93. The van der Waals surface area contributed by atoms with Crippen LogP contribution in [-0.2, 0) is 26.1 Å². The third kappa shape index (κ3) is 4.80. The Labute approximate surface area is 179 Å². The Morgan fingerprint density at radius 3 is 2.61 bits per heavy atom. The molecule has 0 unspecified atom stereocenters. The second kappa shape index (κ2) is 8.94. The number of nitrogens with one attached hydrogen (secondary N) is 1. The summed E-state index contributed by atoms with van der Waals surface area (Å²) in [5, 5.41) is 2.65. The van der Waals surface area contributed by atoms with Gasteiger partial charge in [0, 0.05) is 19.6 Å². The molecule has 1 saturated heterocycles. The number of amides is 1. The van der Waals surface area contributed by atoms with E-state index < -0.39 is 28.5 Å². The lowest BCUT2D eigenvalue weighted by molar-refractivity contribution is -0.124. The number of sulfonamides is 1. The number of benzene rings is 2. The zero-order chi connectivity index (χ0) is 21.8. The van der Waals surface area contributed by atoms with Crippen LogP contribution < -0.4 is 14.8 Å². The summed E-state index contributed by atoms with van der Waals surface area (Å²) in [7, 11) is -3.64. The molecular formula is C21H22N2O7S. The van der Waals surface area contributed by atoms with Crippen molar-refractivity contribution in [1.29, 1.82) is 0 Å². The second-order valence-electron chi connectivity index (χ2n) is 7.18. The fraction of sp³-hybridized carbons (Fsp3) is 0.333. The molecule has 1 N–H and O–H groups in total. The minimum absolute atomic E-state index is 0.0381. The minimum atomic E-state index is -3.64. The number of hydrogen-bond donors (Lipinski definition) is 1. The molecule has 0 bridgehead atoms. The molecule has 0 saturated carbocycles. The molecule has 0 atom stereocenters. The van der Waals surface area contributed by atoms with Gasteiger partial charge in [-0.25, -0.2) is 13.2 Å². The predicted molar refractivity (Wildman–Crippen MR) is 109 cm³/mol. The van der Waals surface area contributed by atoms with Crippen molar-refractivity contribution in [3.8, 4) is 11.5 Å². The van der Waals surface area contributed by atoms with Crippen molar-refractivity contribution < 1.29 is 32.2 Å². The highest BCUT2D eigenvalue weighted by molar-refractivity contribution is 7.89. The van der Waals surface area contributed by atoms with Crippen molar-refractivity contribution in [3.63, 3.8) is 0 Å². The summed E-state index contributed by atoms with van der Waals surface area (Å²) in [6, 6.07) is 11.0. The van der Waals surface area contributed by atoms with Crippen LogP contribution in [0.25, 0.3) is 0 Å². The Balaban J connectivity index is 1.31. The first-order valence-electron chi connectivity index (χ1n) is 9.86. The summed E-state index contributed by atoms with van der Waals surface area (Å²) in [6.07, 6.45) is 1.64. The number of rotatable bonds is 7. The summed E-state index contributed by atoms with van der Waals surface area (Å²) >= 11 is 0. The molecule has 0 aliphatic carbocycles. The highest BCUT2D eigenvalue weighted by atomic mass is 32.2. The van der Waals surface area contributed by atoms with Gasteiger partial charge in [0.1, 0.15) is 0 Å². The number of carbonyl (C=O) groups excluding carboxylic acids is 2. The molecule has 4 rings (SSSR count). The summed E-state index contributed by atoms with van der Waals surface area (Å²) in [5.74, 6) is 0.0171. The fourth-order valence-corrected chi connectivity index (χ4v) is 4.94. The summed E-state index contributed by atoms with van der Waals surface area (Å²) in [4.78, 5) is 24.4. The quantitative estimate of drug-likeness (QED) is 0.644. The Morgan fingerprint density at radius 2 is 1.81 bits per heavy atom. The van der Waals surface area contributed by atoms with Crippen molar-refractivity contribution >= 4 is 21.9 Å². The largest absolute Gasteiger partial charge is 0.454 e. The van der Waals surface area contributed by atoms with E-state index in [1.54, 1.807) is 18.2 Å². The molecule has 2 aromatic carbocycles. The second-order valence-corrected chi connectivity index (χ2v) is 9.12. The predicted octanol–water partition coefficient (Wildman–Crippen LogP) is 1.67. The van der Waals surface area contributed by atoms with Gasteiger partial charge in [0.15, 0.2) is 18.1 Å². The van der Waals surface area contributed by atoms with Gasteiger partial charge in [-0.2, -0.15) is 4.31 Å². The molecule has 0 aromatic heterocycles. The molecular weight excluding hydrogens is 424 g/mol. The molecule has 2 aliphatic rings. The van der Waals surface area contributed by atoms with E-state index >= 15 is 0 Å². The Morgan fingerprint density at radius 1 is 1.03 bits per heavy atom. The Kier molecular flexibility index (Phi) is 6.10. The van der Waals surface area contributed by atoms with Gasteiger partial charge in [0.05, 0.1) is 10.5 Å². The maximum absolute atomic E-state index is 12.7. The molecule has 31 heavy (non-hydrogen) atoms. The van der Waals surface area contributed by atoms with Crippen LogP contribution in [0, 0.1) is 0 Å². The number of fused-ring (bicyclic) bond motifs is 1. The molecule has 9 nitrogen and oxygen atoms in total. The molecule has 0 radical (unpaired) electrons. The highest BCUT2D eigenvalue weighted by Crippen LogP contribution is 2.32. The molecule has 164 valence electrons. The van der Waals surface area contributed by atoms with E-state index in [1.165, 1.54) is 28.6 Å². The normalized spacial score (nSPS) is 15.6. The van der Waals surface area contributed by atoms with Gasteiger partial charge in [-0.15, -0.1) is 0 Å². The van der Waals surface area contributed by atoms with E-state index in [9.17, 15) is 18.0 Å². The van der Waals surface area contributed by atoms with Gasteiger partial charge < -0.3 is 19.5 Å². The average molecular weight is 446 g/mol. The zero-order valence-corrected chi connectivity index (χ0v) is 17.5. The van der Waals surface area contributed by atoms with Crippen LogP contribution in [0.1, 0.15) is 28.8 Å². The highest BCUT2D eigenvalue weighted by Gasteiger charge is 2.27. The van der Waals surface area contributed by atoms with Crippen LogP contribution in [0.3, 0.4) is 0 Å². The molecule has 2 heterocycles. The molecule has 2 aromatic rings. The average Bonchev–Trinajstić information content (AvgIpc) is 3.48. The lowest BCUT2D eigenvalue weighted by Crippen LogP contribution is -2.29. The monoisotopic (exact) mass is 446 g/mol. The lowest BCUT2D eigenvalue weighted by atomic mass is 10.2. The number of ether oxygens (including phenoxy) is 3. The number of nitrogens with zero attached hydrogens (tertiary/aromatic N) is 1. The Hall–Kier alpha value is -3.11. The van der Waals surface area contributed by atoms with Crippen LogP contribution in [0.5, 0.6) is 11.5 Å². The maximum atomic E-state index is 12.7. The van der Waals surface area contributed by atoms with Gasteiger partial charge in [-0.3, -0.25) is 4.79 Å². The van der Waals surface area contributed by atoms with Gasteiger partial charge in [0.25, 0.3) is 5.91 Å². The lowest BCUT2D eigenvalue weighted by Gasteiger charge is -2.15. The van der Waals surface area contributed by atoms with Gasteiger partial charge in [-0.1, -0.05) is 12.1 Å². The van der Waals surface area contributed by atoms with E-state index in [0.717, 1.165) is 18.4 Å². The SMILES string of the molecule is O=C(COC(=O)c1cccc(S(=O)(=O)N2CCCC2)c1)NCc1ccc2c(c1)OCO2. The first-order chi connectivity index (χ1) is 14.9. The summed E-state index contributed by atoms with van der Waals surface area (Å²) in [6.45, 7) is 0.867. The number of esters is 1. The first-order valence-corrected chi connectivity index (χ1v) is 11.3. The molecule has 2 aliphatic heterocycles. The van der Waals surface area contributed by atoms with E-state index in [2.05, 4.69) is 5.32 Å². The van der Waals surface area contributed by atoms with Crippen LogP contribution in [-0.4, -0.2) is 51.1 Å². The van der Waals surface area contributed by atoms with Gasteiger partial charge in [0.2, 0.25) is 16.8 Å². The summed E-state index contributed by atoms with van der Waals surface area (Å²) < 4.78 is 42.3. The smallest absolute Gasteiger partial charge is 0.338 e. The maximum Gasteiger partial charge on any atom is 0.338 e. The van der Waals surface area contributed by atoms with Crippen LogP contribution in [0.4, 0.5) is 0 Å².